The van der Waals surface area contributed by atoms with E-state index in [2.05, 4.69) is 10.6 Å². The van der Waals surface area contributed by atoms with Crippen molar-refractivity contribution in [3.8, 4) is 0 Å². The molecule has 0 fully saturated rings. The fourth-order valence-electron chi connectivity index (χ4n) is 1.48. The molecule has 104 valence electrons. The molecule has 1 aromatic carbocycles. The summed E-state index contributed by atoms with van der Waals surface area (Å²) < 4.78 is 0. The maximum atomic E-state index is 11.7. The predicted molar refractivity (Wildman–Crippen MR) is 78.4 cm³/mol. The fraction of sp³-hybridized carbons (Fsp3) is 0.333. The van der Waals surface area contributed by atoms with Gasteiger partial charge in [-0.25, -0.2) is 9.59 Å². The van der Waals surface area contributed by atoms with Crippen LogP contribution in [0.3, 0.4) is 0 Å². The van der Waals surface area contributed by atoms with Gasteiger partial charge in [0.15, 0.2) is 0 Å². The Morgan fingerprint density at radius 1 is 1.47 bits per heavy atom. The molecule has 0 aliphatic rings. The third-order valence-electron chi connectivity index (χ3n) is 2.25. The van der Waals surface area contributed by atoms with Crippen molar-refractivity contribution in [1.82, 2.24) is 5.32 Å². The van der Waals surface area contributed by atoms with Crippen LogP contribution in [-0.4, -0.2) is 35.2 Å². The topological polar surface area (TPSA) is 78.4 Å². The first-order valence-corrected chi connectivity index (χ1v) is 7.30. The van der Waals surface area contributed by atoms with Gasteiger partial charge in [0.2, 0.25) is 0 Å². The Labute approximate surface area is 120 Å². The van der Waals surface area contributed by atoms with Crippen LogP contribution in [0, 0.1) is 0 Å². The molecule has 0 aliphatic carbocycles. The number of aromatic carboxylic acids is 1. The van der Waals surface area contributed by atoms with Crippen molar-refractivity contribution in [1.29, 1.82) is 0 Å². The van der Waals surface area contributed by atoms with E-state index in [1.165, 1.54) is 18.2 Å². The number of anilines is 1. The van der Waals surface area contributed by atoms with E-state index in [0.29, 0.717) is 5.02 Å². The number of nitrogens with one attached hydrogen (secondary N) is 2. The van der Waals surface area contributed by atoms with Gasteiger partial charge < -0.3 is 15.7 Å². The van der Waals surface area contributed by atoms with Crippen LogP contribution >= 0.6 is 23.4 Å². The number of urea groups is 1. The fourth-order valence-corrected chi connectivity index (χ4v) is 2.24. The van der Waals surface area contributed by atoms with Gasteiger partial charge in [-0.2, -0.15) is 11.8 Å². The van der Waals surface area contributed by atoms with Crippen molar-refractivity contribution in [3.63, 3.8) is 0 Å². The molecule has 0 saturated heterocycles. The van der Waals surface area contributed by atoms with E-state index >= 15 is 0 Å². The van der Waals surface area contributed by atoms with Crippen molar-refractivity contribution in [2.75, 3.05) is 17.3 Å². The van der Waals surface area contributed by atoms with Gasteiger partial charge in [-0.3, -0.25) is 0 Å². The number of halogens is 1. The van der Waals surface area contributed by atoms with Crippen molar-refractivity contribution in [3.05, 3.63) is 28.8 Å². The van der Waals surface area contributed by atoms with Crippen LogP contribution in [0.5, 0.6) is 0 Å². The third kappa shape index (κ3) is 5.00. The van der Waals surface area contributed by atoms with Gasteiger partial charge in [0.05, 0.1) is 11.3 Å². The van der Waals surface area contributed by atoms with Gasteiger partial charge in [0, 0.05) is 16.8 Å². The minimum Gasteiger partial charge on any atom is -0.478 e. The number of carbonyl (C=O) groups is 2. The van der Waals surface area contributed by atoms with Gasteiger partial charge in [-0.05, 0) is 31.4 Å². The number of amides is 2. The number of rotatable bonds is 5. The zero-order chi connectivity index (χ0) is 14.4. The summed E-state index contributed by atoms with van der Waals surface area (Å²) in [5.74, 6) is -0.349. The molecule has 19 heavy (non-hydrogen) atoms. The second-order valence-corrected chi connectivity index (χ2v) is 5.30. The van der Waals surface area contributed by atoms with Gasteiger partial charge in [0.25, 0.3) is 0 Å². The lowest BCUT2D eigenvalue weighted by atomic mass is 10.2. The molecule has 0 radical (unpaired) electrons. The first kappa shape index (κ1) is 15.7. The average molecular weight is 303 g/mol. The van der Waals surface area contributed by atoms with Crippen LogP contribution in [0.15, 0.2) is 18.2 Å². The summed E-state index contributed by atoms with van der Waals surface area (Å²) in [5.41, 5.74) is 0.172. The molecule has 0 aliphatic heterocycles. The van der Waals surface area contributed by atoms with Gasteiger partial charge >= 0.3 is 12.0 Å². The maximum absolute atomic E-state index is 11.7. The summed E-state index contributed by atoms with van der Waals surface area (Å²) in [6.07, 6.45) is 1.94. The van der Waals surface area contributed by atoms with Crippen molar-refractivity contribution >= 4 is 41.1 Å². The number of carboxylic acid groups (broad SMARTS) is 1. The van der Waals surface area contributed by atoms with Gasteiger partial charge in [0.1, 0.15) is 0 Å². The zero-order valence-corrected chi connectivity index (χ0v) is 12.1. The van der Waals surface area contributed by atoms with E-state index in [0.717, 1.165) is 5.75 Å². The molecule has 1 atom stereocenters. The Balaban J connectivity index is 2.78. The zero-order valence-electron chi connectivity index (χ0n) is 10.6. The van der Waals surface area contributed by atoms with Crippen LogP contribution in [-0.2, 0) is 0 Å². The number of hydrogen-bond donors (Lipinski definition) is 3. The Hall–Kier alpha value is -1.40. The van der Waals surface area contributed by atoms with Gasteiger partial charge in [-0.15, -0.1) is 0 Å². The lowest BCUT2D eigenvalue weighted by molar-refractivity contribution is 0.0698. The monoisotopic (exact) mass is 302 g/mol. The van der Waals surface area contributed by atoms with Crippen LogP contribution < -0.4 is 10.6 Å². The Morgan fingerprint density at radius 3 is 2.74 bits per heavy atom. The van der Waals surface area contributed by atoms with Crippen LogP contribution in [0.25, 0.3) is 0 Å². The SMILES string of the molecule is CSCC(C)NC(=O)Nc1cc(Cl)ccc1C(=O)O. The van der Waals surface area contributed by atoms with Crippen LogP contribution in [0.1, 0.15) is 17.3 Å². The predicted octanol–water partition coefficient (Wildman–Crippen LogP) is 2.91. The van der Waals surface area contributed by atoms with Crippen LogP contribution in [0.2, 0.25) is 5.02 Å². The second-order valence-electron chi connectivity index (χ2n) is 3.95. The molecule has 1 rings (SSSR count). The number of benzene rings is 1. The van der Waals surface area contributed by atoms with E-state index in [1.807, 2.05) is 13.2 Å². The highest BCUT2D eigenvalue weighted by molar-refractivity contribution is 7.98. The summed E-state index contributed by atoms with van der Waals surface area (Å²) in [6, 6.07) is 3.76. The molecule has 0 aromatic heterocycles. The molecular weight excluding hydrogens is 288 g/mol. The van der Waals surface area contributed by atoms with E-state index in [4.69, 9.17) is 16.7 Å². The number of carboxylic acids is 1. The number of carbonyl (C=O) groups excluding carboxylic acids is 1. The molecule has 7 heteroatoms. The Bertz CT molecular complexity index is 482. The highest BCUT2D eigenvalue weighted by atomic mass is 35.5. The molecule has 5 nitrogen and oxygen atoms in total. The summed E-state index contributed by atoms with van der Waals surface area (Å²) in [7, 11) is 0. The van der Waals surface area contributed by atoms with Gasteiger partial charge in [-0.1, -0.05) is 11.6 Å². The summed E-state index contributed by atoms with van der Waals surface area (Å²) >= 11 is 7.40. The highest BCUT2D eigenvalue weighted by Crippen LogP contribution is 2.21. The number of thioether (sulfide) groups is 1. The number of hydrogen-bond acceptors (Lipinski definition) is 3. The minimum absolute atomic E-state index is 0.00271. The summed E-state index contributed by atoms with van der Waals surface area (Å²) in [5, 5.41) is 14.6. The Morgan fingerprint density at radius 2 is 2.16 bits per heavy atom. The summed E-state index contributed by atoms with van der Waals surface area (Å²) in [4.78, 5) is 22.7. The highest BCUT2D eigenvalue weighted by Gasteiger charge is 2.14. The third-order valence-corrected chi connectivity index (χ3v) is 3.32. The Kier molecular flexibility index (Phi) is 5.98. The molecule has 0 saturated carbocycles. The standard InChI is InChI=1S/C12H15ClN2O3S/c1-7(6-19-2)14-12(18)15-10-5-8(13)3-4-9(10)11(16)17/h3-5,7H,6H2,1-2H3,(H,16,17)(H2,14,15,18). The van der Waals surface area contributed by atoms with Crippen molar-refractivity contribution < 1.29 is 14.7 Å². The molecule has 0 spiro atoms. The normalized spacial score (nSPS) is 11.7. The molecule has 1 aromatic rings. The van der Waals surface area contributed by atoms with E-state index in [-0.39, 0.29) is 17.3 Å². The van der Waals surface area contributed by atoms with Crippen molar-refractivity contribution in [2.45, 2.75) is 13.0 Å². The summed E-state index contributed by atoms with van der Waals surface area (Å²) in [6.45, 7) is 1.87. The lowest BCUT2D eigenvalue weighted by Crippen LogP contribution is -2.37. The lowest BCUT2D eigenvalue weighted by Gasteiger charge is -2.14. The largest absolute Gasteiger partial charge is 0.478 e. The van der Waals surface area contributed by atoms with E-state index < -0.39 is 12.0 Å². The van der Waals surface area contributed by atoms with Crippen molar-refractivity contribution in [2.24, 2.45) is 0 Å². The molecule has 1 unspecified atom stereocenters. The molecule has 2 amide bonds. The molecule has 0 bridgehead atoms. The molecule has 0 heterocycles. The minimum atomic E-state index is -1.12. The maximum Gasteiger partial charge on any atom is 0.337 e. The molecule has 3 N–H and O–H groups in total. The quantitative estimate of drug-likeness (QED) is 0.781. The second kappa shape index (κ2) is 7.25. The van der Waals surface area contributed by atoms with Crippen LogP contribution in [0.4, 0.5) is 10.5 Å². The van der Waals surface area contributed by atoms with E-state index in [9.17, 15) is 9.59 Å². The first-order valence-electron chi connectivity index (χ1n) is 5.53. The average Bonchev–Trinajstić information content (AvgIpc) is 2.28. The smallest absolute Gasteiger partial charge is 0.337 e. The first-order chi connectivity index (χ1) is 8.93. The molecular formula is C12H15ClN2O3S. The van der Waals surface area contributed by atoms with E-state index in [1.54, 1.807) is 11.8 Å².